The Labute approximate surface area is 247 Å². The monoisotopic (exact) mass is 540 g/mol. The molecule has 0 bridgehead atoms. The zero-order valence-corrected chi connectivity index (χ0v) is 25.2. The van der Waals surface area contributed by atoms with E-state index in [0.717, 1.165) is 35.3 Å². The molecule has 0 fully saturated rings. The van der Waals surface area contributed by atoms with Crippen molar-refractivity contribution < 1.29 is 6.85 Å². The Bertz CT molecular complexity index is 1730. The van der Waals surface area contributed by atoms with Crippen LogP contribution in [0.5, 0.6) is 0 Å². The number of hydrogen-bond acceptors (Lipinski definition) is 1. The van der Waals surface area contributed by atoms with Crippen molar-refractivity contribution in [2.45, 2.75) is 84.5 Å². The van der Waals surface area contributed by atoms with E-state index in [4.69, 9.17) is 18.5 Å². The first-order valence-electron chi connectivity index (χ1n) is 16.3. The van der Waals surface area contributed by atoms with E-state index in [9.17, 15) is 0 Å². The molecule has 39 heavy (non-hydrogen) atoms. The number of aryl methyl sites for hydroxylation is 1. The second-order valence-electron chi connectivity index (χ2n) is 13.3. The van der Waals surface area contributed by atoms with Crippen LogP contribution in [0.15, 0.2) is 84.8 Å². The quantitative estimate of drug-likeness (QED) is 0.249. The fourth-order valence-electron chi connectivity index (χ4n) is 5.77. The largest absolute Gasteiger partial charge is 0.310 e. The number of halogens is 1. The summed E-state index contributed by atoms with van der Waals surface area (Å²) in [5.74, 6) is 0. The smallest absolute Gasteiger partial charge is 0.0629 e. The molecule has 0 radical (unpaired) electrons. The van der Waals surface area contributed by atoms with Gasteiger partial charge in [0.15, 0.2) is 0 Å². The molecule has 1 aliphatic carbocycles. The average Bonchev–Trinajstić information content (AvgIpc) is 2.93. The molecule has 0 atom stereocenters. The fourth-order valence-corrected chi connectivity index (χ4v) is 6.06. The van der Waals surface area contributed by atoms with E-state index >= 15 is 0 Å². The van der Waals surface area contributed by atoms with Crippen molar-refractivity contribution in [1.29, 1.82) is 0 Å². The van der Waals surface area contributed by atoms with Crippen molar-refractivity contribution in [3.8, 4) is 11.1 Å². The minimum Gasteiger partial charge on any atom is -0.310 e. The Kier molecular flexibility index (Phi) is 5.50. The summed E-state index contributed by atoms with van der Waals surface area (Å²) in [4.78, 5) is 2.12. The minimum absolute atomic E-state index is 0.0252. The number of anilines is 3. The molecule has 202 valence electrons. The molecule has 4 aromatic carbocycles. The van der Waals surface area contributed by atoms with Gasteiger partial charge in [-0.05, 0) is 106 Å². The summed E-state index contributed by atoms with van der Waals surface area (Å²) in [5.41, 5.74) is 7.64. The molecular weight excluding hydrogens is 494 g/mol. The van der Waals surface area contributed by atoms with E-state index in [1.165, 1.54) is 11.1 Å². The summed E-state index contributed by atoms with van der Waals surface area (Å²) in [7, 11) is 0. The molecule has 0 saturated heterocycles. The van der Waals surface area contributed by atoms with Gasteiger partial charge < -0.3 is 4.90 Å². The second-order valence-corrected chi connectivity index (χ2v) is 13.7. The van der Waals surface area contributed by atoms with E-state index < -0.39 is 6.04 Å². The van der Waals surface area contributed by atoms with Crippen molar-refractivity contribution in [3.63, 3.8) is 0 Å². The number of rotatable bonds is 4. The van der Waals surface area contributed by atoms with Crippen LogP contribution in [0.4, 0.5) is 17.1 Å². The summed E-state index contributed by atoms with van der Waals surface area (Å²) in [6.45, 7) is 17.5. The minimum atomic E-state index is -0.404. The van der Waals surface area contributed by atoms with Gasteiger partial charge in [-0.3, -0.25) is 0 Å². The van der Waals surface area contributed by atoms with Gasteiger partial charge >= 0.3 is 0 Å². The van der Waals surface area contributed by atoms with Crippen molar-refractivity contribution in [2.75, 3.05) is 4.90 Å². The van der Waals surface area contributed by atoms with Crippen LogP contribution in [-0.2, 0) is 16.2 Å². The van der Waals surface area contributed by atoms with Crippen LogP contribution >= 0.6 is 11.6 Å². The molecule has 0 heterocycles. The Morgan fingerprint density at radius 1 is 0.769 bits per heavy atom. The lowest BCUT2D eigenvalue weighted by Crippen LogP contribution is -2.34. The Morgan fingerprint density at radius 3 is 2.08 bits per heavy atom. The fraction of sp³-hybridized carbons (Fsp3) is 0.351. The van der Waals surface area contributed by atoms with Crippen LogP contribution in [0.25, 0.3) is 11.1 Å². The van der Waals surface area contributed by atoms with Crippen LogP contribution < -0.4 is 4.90 Å². The number of hydrogen-bond donors (Lipinski definition) is 0. The Balaban J connectivity index is 1.90. The van der Waals surface area contributed by atoms with E-state index in [1.54, 1.807) is 0 Å². The molecule has 2 heteroatoms. The Hall–Kier alpha value is -3.03. The average molecular weight is 541 g/mol. The van der Waals surface area contributed by atoms with Crippen LogP contribution in [0.3, 0.4) is 0 Å². The predicted octanol–water partition coefficient (Wildman–Crippen LogP) is 11.4. The summed E-state index contributed by atoms with van der Waals surface area (Å²) >= 11 is 6.66. The molecule has 5 rings (SSSR count). The normalized spacial score (nSPS) is 17.8. The third kappa shape index (κ3) is 5.39. The van der Waals surface area contributed by atoms with Crippen LogP contribution in [0, 0.1) is 6.92 Å². The molecule has 0 N–H and O–H groups in total. The second kappa shape index (κ2) is 9.86. The number of benzene rings is 4. The Morgan fingerprint density at radius 2 is 1.44 bits per heavy atom. The zero-order valence-electron chi connectivity index (χ0n) is 29.4. The van der Waals surface area contributed by atoms with Gasteiger partial charge in [-0.15, -0.1) is 0 Å². The third-order valence-corrected chi connectivity index (χ3v) is 8.47. The maximum atomic E-state index is 8.92. The molecule has 4 aromatic rings. The van der Waals surface area contributed by atoms with Crippen molar-refractivity contribution >= 4 is 28.7 Å². The van der Waals surface area contributed by atoms with Gasteiger partial charge in [0, 0.05) is 22.0 Å². The first-order chi connectivity index (χ1) is 20.3. The SMILES string of the molecule is [2H]c1c([2H])c([2H])c(-c2cc(C(C)(C)C)ccc2N(c2cc(C)cc(Cl)c2)c2ccc3c(c2)C(C)(C)CCC3(C)C)c([2H])c1[2H]. The van der Waals surface area contributed by atoms with Crippen molar-refractivity contribution in [3.05, 3.63) is 112 Å². The van der Waals surface area contributed by atoms with Gasteiger partial charge in [0.1, 0.15) is 0 Å². The maximum absolute atomic E-state index is 8.92. The molecule has 0 aliphatic heterocycles. The lowest BCUT2D eigenvalue weighted by molar-refractivity contribution is 0.332. The maximum Gasteiger partial charge on any atom is 0.0629 e. The van der Waals surface area contributed by atoms with Gasteiger partial charge in [-0.2, -0.15) is 0 Å². The first kappa shape index (κ1) is 21.8. The number of nitrogens with zero attached hydrogens (tertiary/aromatic N) is 1. The summed E-state index contributed by atoms with van der Waals surface area (Å²) in [6, 6.07) is 17.1. The highest BCUT2D eigenvalue weighted by Gasteiger charge is 2.37. The van der Waals surface area contributed by atoms with Crippen molar-refractivity contribution in [1.82, 2.24) is 0 Å². The summed E-state index contributed by atoms with van der Waals surface area (Å²) < 4.78 is 43.0. The van der Waals surface area contributed by atoms with Gasteiger partial charge in [0.2, 0.25) is 0 Å². The number of fused-ring (bicyclic) bond motifs is 1. The summed E-state index contributed by atoms with van der Waals surface area (Å²) in [6.07, 6.45) is 2.18. The molecule has 1 aliphatic rings. The molecule has 0 amide bonds. The van der Waals surface area contributed by atoms with Gasteiger partial charge in [-0.1, -0.05) is 102 Å². The molecule has 0 unspecified atom stereocenters. The first-order valence-corrected chi connectivity index (χ1v) is 14.2. The third-order valence-electron chi connectivity index (χ3n) is 8.25. The molecule has 1 nitrogen and oxygen atoms in total. The highest BCUT2D eigenvalue weighted by Crippen LogP contribution is 2.49. The van der Waals surface area contributed by atoms with E-state index in [0.29, 0.717) is 16.3 Å². The van der Waals surface area contributed by atoms with E-state index in [1.807, 2.05) is 31.2 Å². The van der Waals surface area contributed by atoms with Gasteiger partial charge in [-0.25, -0.2) is 0 Å². The highest BCUT2D eigenvalue weighted by molar-refractivity contribution is 6.31. The van der Waals surface area contributed by atoms with Crippen LogP contribution in [0.2, 0.25) is 5.02 Å². The molecule has 0 spiro atoms. The molecule has 0 saturated carbocycles. The topological polar surface area (TPSA) is 3.24 Å². The zero-order chi connectivity index (χ0) is 32.5. The highest BCUT2D eigenvalue weighted by atomic mass is 35.5. The summed E-state index contributed by atoms with van der Waals surface area (Å²) in [5, 5.41) is 0.597. The van der Waals surface area contributed by atoms with Gasteiger partial charge in [0.25, 0.3) is 0 Å². The van der Waals surface area contributed by atoms with Gasteiger partial charge in [0.05, 0.1) is 12.5 Å². The van der Waals surface area contributed by atoms with Crippen LogP contribution in [-0.4, -0.2) is 0 Å². The lowest BCUT2D eigenvalue weighted by atomic mass is 9.63. The van der Waals surface area contributed by atoms with E-state index in [-0.39, 0.29) is 46.0 Å². The predicted molar refractivity (Wildman–Crippen MR) is 170 cm³/mol. The lowest BCUT2D eigenvalue weighted by Gasteiger charge is -2.42. The molecular formula is C37H42ClN. The standard InChI is InChI=1S/C37H42ClN/c1-25-20-28(38)23-30(21-25)39(29-15-16-32-33(24-29)37(7,8)19-18-36(32,5)6)34-17-14-27(35(2,3)4)22-31(34)26-12-10-9-11-13-26/h9-17,20-24H,18-19H2,1-8H3/i9D,10D,11D,12D,13D. The van der Waals surface area contributed by atoms with Crippen molar-refractivity contribution in [2.24, 2.45) is 0 Å². The molecule has 0 aromatic heterocycles. The van der Waals surface area contributed by atoms with E-state index in [2.05, 4.69) is 83.7 Å². The van der Waals surface area contributed by atoms with Crippen LogP contribution in [0.1, 0.15) is 90.4 Å².